The third-order valence-corrected chi connectivity index (χ3v) is 5.85. The van der Waals surface area contributed by atoms with Gasteiger partial charge in [-0.25, -0.2) is 0 Å². The van der Waals surface area contributed by atoms with Crippen molar-refractivity contribution >= 4 is 11.3 Å². The number of hydrogen-bond donors (Lipinski definition) is 1. The van der Waals surface area contributed by atoms with Crippen molar-refractivity contribution in [3.63, 3.8) is 0 Å². The van der Waals surface area contributed by atoms with E-state index in [-0.39, 0.29) is 5.41 Å². The van der Waals surface area contributed by atoms with Crippen molar-refractivity contribution < 1.29 is 0 Å². The summed E-state index contributed by atoms with van der Waals surface area (Å²) in [6, 6.07) is 5.31. The van der Waals surface area contributed by atoms with Crippen molar-refractivity contribution in [2.75, 3.05) is 26.7 Å². The van der Waals surface area contributed by atoms with Gasteiger partial charge >= 0.3 is 0 Å². The Morgan fingerprint density at radius 3 is 2.70 bits per heavy atom. The third-order valence-electron chi connectivity index (χ3n) is 4.26. The summed E-state index contributed by atoms with van der Waals surface area (Å²) >= 11 is 2.01. The molecule has 0 amide bonds. The van der Waals surface area contributed by atoms with Gasteiger partial charge in [0.15, 0.2) is 0 Å². The normalized spacial score (nSPS) is 24.4. The summed E-state index contributed by atoms with van der Waals surface area (Å²) in [5, 5.41) is 3.61. The van der Waals surface area contributed by atoms with E-state index in [0.29, 0.717) is 6.04 Å². The van der Waals surface area contributed by atoms with Crippen LogP contribution in [0.4, 0.5) is 0 Å². The molecule has 1 aromatic heterocycles. The van der Waals surface area contributed by atoms with Gasteiger partial charge in [-0.15, -0.1) is 11.3 Å². The lowest BCUT2D eigenvalue weighted by molar-refractivity contribution is 0.276. The lowest BCUT2D eigenvalue weighted by atomic mass is 9.94. The van der Waals surface area contributed by atoms with Crippen LogP contribution in [0, 0.1) is 5.92 Å². The summed E-state index contributed by atoms with van der Waals surface area (Å²) in [4.78, 5) is 5.60. The fourth-order valence-corrected chi connectivity index (χ4v) is 4.39. The van der Waals surface area contributed by atoms with Crippen molar-refractivity contribution in [2.45, 2.75) is 52.0 Å². The van der Waals surface area contributed by atoms with Crippen LogP contribution < -0.4 is 5.32 Å². The number of hydrogen-bond acceptors (Lipinski definition) is 3. The van der Waals surface area contributed by atoms with Gasteiger partial charge < -0.3 is 5.32 Å². The van der Waals surface area contributed by atoms with Crippen molar-refractivity contribution in [3.05, 3.63) is 21.9 Å². The predicted molar refractivity (Wildman–Crippen MR) is 89.7 cm³/mol. The fraction of sp³-hybridized carbons (Fsp3) is 0.765. The van der Waals surface area contributed by atoms with E-state index in [0.717, 1.165) is 19.0 Å². The summed E-state index contributed by atoms with van der Waals surface area (Å²) in [6.07, 6.45) is 2.54. The van der Waals surface area contributed by atoms with E-state index < -0.39 is 0 Å². The molecule has 1 N–H and O–H groups in total. The first-order valence-corrected chi connectivity index (χ1v) is 8.76. The topological polar surface area (TPSA) is 15.3 Å². The lowest BCUT2D eigenvalue weighted by Gasteiger charge is -2.24. The fourth-order valence-electron chi connectivity index (χ4n) is 3.07. The molecule has 1 fully saturated rings. The van der Waals surface area contributed by atoms with Gasteiger partial charge in [0, 0.05) is 15.8 Å². The van der Waals surface area contributed by atoms with Gasteiger partial charge in [0.25, 0.3) is 0 Å². The maximum atomic E-state index is 3.61. The van der Waals surface area contributed by atoms with E-state index in [1.165, 1.54) is 24.3 Å². The number of nitrogens with one attached hydrogen (secondary N) is 1. The van der Waals surface area contributed by atoms with Crippen LogP contribution in [0.2, 0.25) is 0 Å². The highest BCUT2D eigenvalue weighted by Crippen LogP contribution is 2.41. The molecule has 3 heteroatoms. The molecule has 2 rings (SSSR count). The standard InChI is InChI=1S/C17H30N2S/c1-6-10-18-12-13-9-11-19(5)16(13)14-7-8-15(20-14)17(2,3)4/h7-8,13,16,18H,6,9-12H2,1-5H3. The smallest absolute Gasteiger partial charge is 0.0479 e. The average molecular weight is 295 g/mol. The minimum Gasteiger partial charge on any atom is -0.316 e. The van der Waals surface area contributed by atoms with Crippen LogP contribution in [-0.2, 0) is 5.41 Å². The minimum absolute atomic E-state index is 0.274. The number of nitrogens with zero attached hydrogens (tertiary/aromatic N) is 1. The molecule has 0 spiro atoms. The molecule has 2 nitrogen and oxygen atoms in total. The Hall–Kier alpha value is -0.380. The maximum Gasteiger partial charge on any atom is 0.0479 e. The Morgan fingerprint density at radius 2 is 2.10 bits per heavy atom. The number of likely N-dealkylation sites (tertiary alicyclic amines) is 1. The molecule has 0 radical (unpaired) electrons. The number of thiophene rings is 1. The Labute approximate surface area is 128 Å². The Balaban J connectivity index is 2.09. The van der Waals surface area contributed by atoms with Crippen molar-refractivity contribution in [1.82, 2.24) is 10.2 Å². The monoisotopic (exact) mass is 294 g/mol. The maximum absolute atomic E-state index is 3.61. The molecular weight excluding hydrogens is 264 g/mol. The predicted octanol–water partition coefficient (Wildman–Crippen LogP) is 4.04. The van der Waals surface area contributed by atoms with Gasteiger partial charge in [-0.1, -0.05) is 27.7 Å². The quantitative estimate of drug-likeness (QED) is 0.825. The Kier molecular flexibility index (Phi) is 5.27. The molecule has 1 aliphatic heterocycles. The van der Waals surface area contributed by atoms with Crippen molar-refractivity contribution in [3.8, 4) is 0 Å². The van der Waals surface area contributed by atoms with Crippen molar-refractivity contribution in [1.29, 1.82) is 0 Å². The summed E-state index contributed by atoms with van der Waals surface area (Å²) in [6.45, 7) is 12.7. The first-order chi connectivity index (χ1) is 9.43. The van der Waals surface area contributed by atoms with Crippen LogP contribution in [0.1, 0.15) is 56.3 Å². The first kappa shape index (κ1) is 16.0. The lowest BCUT2D eigenvalue weighted by Crippen LogP contribution is -2.28. The SMILES string of the molecule is CCCNCC1CCN(C)C1c1ccc(C(C)(C)C)s1. The zero-order valence-electron chi connectivity index (χ0n) is 13.7. The van der Waals surface area contributed by atoms with E-state index in [2.05, 4.69) is 57.1 Å². The average Bonchev–Trinajstić information content (AvgIpc) is 2.96. The molecule has 0 saturated carbocycles. The van der Waals surface area contributed by atoms with Gasteiger partial charge in [0.1, 0.15) is 0 Å². The van der Waals surface area contributed by atoms with E-state index in [1.54, 1.807) is 4.88 Å². The van der Waals surface area contributed by atoms with Crippen LogP contribution in [0.15, 0.2) is 12.1 Å². The second-order valence-electron chi connectivity index (χ2n) is 7.13. The molecule has 2 unspecified atom stereocenters. The molecule has 2 heterocycles. The van der Waals surface area contributed by atoms with Gasteiger partial charge in [-0.05, 0) is 63.0 Å². The third kappa shape index (κ3) is 3.63. The molecule has 20 heavy (non-hydrogen) atoms. The molecule has 2 atom stereocenters. The minimum atomic E-state index is 0.274. The zero-order chi connectivity index (χ0) is 14.8. The number of rotatable bonds is 5. The van der Waals surface area contributed by atoms with E-state index in [4.69, 9.17) is 0 Å². The highest BCUT2D eigenvalue weighted by atomic mass is 32.1. The molecule has 0 aromatic carbocycles. The van der Waals surface area contributed by atoms with Crippen LogP contribution in [0.25, 0.3) is 0 Å². The molecule has 0 aliphatic carbocycles. The molecule has 114 valence electrons. The first-order valence-electron chi connectivity index (χ1n) is 7.94. The second-order valence-corrected chi connectivity index (χ2v) is 8.25. The van der Waals surface area contributed by atoms with Gasteiger partial charge in [0.05, 0.1) is 0 Å². The summed E-state index contributed by atoms with van der Waals surface area (Å²) in [5.74, 6) is 0.762. The van der Waals surface area contributed by atoms with Crippen molar-refractivity contribution in [2.24, 2.45) is 5.92 Å². The van der Waals surface area contributed by atoms with Gasteiger partial charge in [-0.3, -0.25) is 4.90 Å². The second kappa shape index (κ2) is 6.59. The molecule has 1 aromatic rings. The van der Waals surface area contributed by atoms with E-state index in [1.807, 2.05) is 11.3 Å². The zero-order valence-corrected chi connectivity index (χ0v) is 14.5. The molecule has 0 bridgehead atoms. The van der Waals surface area contributed by atoms with Crippen LogP contribution >= 0.6 is 11.3 Å². The van der Waals surface area contributed by atoms with Gasteiger partial charge in [0.2, 0.25) is 0 Å². The molecule has 1 saturated heterocycles. The van der Waals surface area contributed by atoms with Crippen LogP contribution in [-0.4, -0.2) is 31.6 Å². The Bertz CT molecular complexity index is 419. The van der Waals surface area contributed by atoms with E-state index in [9.17, 15) is 0 Å². The van der Waals surface area contributed by atoms with Crippen LogP contribution in [0.3, 0.4) is 0 Å². The summed E-state index contributed by atoms with van der Waals surface area (Å²) in [5.41, 5.74) is 0.274. The highest BCUT2D eigenvalue weighted by Gasteiger charge is 2.34. The van der Waals surface area contributed by atoms with Gasteiger partial charge in [-0.2, -0.15) is 0 Å². The molecular formula is C17H30N2S. The summed E-state index contributed by atoms with van der Waals surface area (Å²) in [7, 11) is 2.28. The van der Waals surface area contributed by atoms with E-state index >= 15 is 0 Å². The Morgan fingerprint density at radius 1 is 1.35 bits per heavy atom. The molecule has 1 aliphatic rings. The largest absolute Gasteiger partial charge is 0.316 e. The summed E-state index contributed by atoms with van der Waals surface area (Å²) < 4.78 is 0. The highest BCUT2D eigenvalue weighted by molar-refractivity contribution is 7.12. The van der Waals surface area contributed by atoms with Crippen LogP contribution in [0.5, 0.6) is 0 Å².